The minimum atomic E-state index is -0.780. The summed E-state index contributed by atoms with van der Waals surface area (Å²) in [5.74, 6) is 0. The van der Waals surface area contributed by atoms with E-state index in [0.29, 0.717) is 32.9 Å². The van der Waals surface area contributed by atoms with Gasteiger partial charge < -0.3 is 24.8 Å². The van der Waals surface area contributed by atoms with Crippen LogP contribution in [0, 0.1) is 0 Å². The van der Waals surface area contributed by atoms with Crippen LogP contribution < -0.4 is 5.32 Å². The number of pyridine rings is 1. The number of hydrogen-bond acceptors (Lipinski definition) is 6. The largest absolute Gasteiger partial charge is 0.385 e. The van der Waals surface area contributed by atoms with Gasteiger partial charge in [-0.3, -0.25) is 4.98 Å². The fourth-order valence-electron chi connectivity index (χ4n) is 3.22. The molecule has 0 amide bonds. The summed E-state index contributed by atoms with van der Waals surface area (Å²) in [5, 5.41) is 13.9. The van der Waals surface area contributed by atoms with Gasteiger partial charge in [0.2, 0.25) is 0 Å². The van der Waals surface area contributed by atoms with E-state index in [4.69, 9.17) is 9.47 Å². The molecule has 2 aliphatic rings. The normalized spacial score (nSPS) is 27.7. The quantitative estimate of drug-likeness (QED) is 0.819. The molecule has 2 aliphatic heterocycles. The topological polar surface area (TPSA) is 66.9 Å². The van der Waals surface area contributed by atoms with Crippen molar-refractivity contribution in [2.24, 2.45) is 0 Å². The predicted molar refractivity (Wildman–Crippen MR) is 87.1 cm³/mol. The number of rotatable bonds is 5. The first-order valence-corrected chi connectivity index (χ1v) is 8.48. The lowest BCUT2D eigenvalue weighted by molar-refractivity contribution is -0.0644. The number of nitrogens with one attached hydrogen (secondary N) is 1. The fraction of sp³-hybridized carbons (Fsp3) is 0.706. The van der Waals surface area contributed by atoms with Crippen molar-refractivity contribution < 1.29 is 14.6 Å². The van der Waals surface area contributed by atoms with Crippen LogP contribution in [0.4, 0.5) is 0 Å². The molecule has 0 spiro atoms. The predicted octanol–water partition coefficient (Wildman–Crippen LogP) is 0.414. The van der Waals surface area contributed by atoms with Crippen molar-refractivity contribution in [2.45, 2.75) is 31.2 Å². The Balaban J connectivity index is 1.39. The Labute approximate surface area is 137 Å². The van der Waals surface area contributed by atoms with Gasteiger partial charge in [-0.15, -0.1) is 0 Å². The Kier molecular flexibility index (Phi) is 5.96. The van der Waals surface area contributed by atoms with E-state index in [9.17, 15) is 5.11 Å². The van der Waals surface area contributed by atoms with Crippen molar-refractivity contribution in [3.8, 4) is 0 Å². The maximum Gasteiger partial charge on any atom is 0.113 e. The highest BCUT2D eigenvalue weighted by Gasteiger charge is 2.32. The van der Waals surface area contributed by atoms with Gasteiger partial charge in [-0.05, 0) is 25.0 Å². The van der Waals surface area contributed by atoms with E-state index in [0.717, 1.165) is 38.2 Å². The Bertz CT molecular complexity index is 455. The van der Waals surface area contributed by atoms with Gasteiger partial charge in [-0.1, -0.05) is 6.07 Å². The van der Waals surface area contributed by atoms with E-state index >= 15 is 0 Å². The van der Waals surface area contributed by atoms with Gasteiger partial charge in [0.15, 0.2) is 0 Å². The summed E-state index contributed by atoms with van der Waals surface area (Å²) in [6.07, 6.45) is 4.07. The number of likely N-dealkylation sites (tertiary alicyclic amines) is 1. The third kappa shape index (κ3) is 5.22. The minimum Gasteiger partial charge on any atom is -0.385 e. The van der Waals surface area contributed by atoms with Crippen LogP contribution in [0.3, 0.4) is 0 Å². The van der Waals surface area contributed by atoms with Crippen LogP contribution in [0.25, 0.3) is 0 Å². The van der Waals surface area contributed by atoms with Gasteiger partial charge in [0.25, 0.3) is 0 Å². The Morgan fingerprint density at radius 1 is 1.39 bits per heavy atom. The van der Waals surface area contributed by atoms with Gasteiger partial charge in [0.05, 0.1) is 31.6 Å². The molecule has 0 aromatic carbocycles. The van der Waals surface area contributed by atoms with Crippen LogP contribution in [-0.4, -0.2) is 72.6 Å². The van der Waals surface area contributed by atoms with E-state index in [1.807, 2.05) is 18.2 Å². The Morgan fingerprint density at radius 2 is 2.26 bits per heavy atom. The van der Waals surface area contributed by atoms with Gasteiger partial charge >= 0.3 is 0 Å². The van der Waals surface area contributed by atoms with E-state index < -0.39 is 5.60 Å². The molecule has 1 unspecified atom stereocenters. The zero-order valence-corrected chi connectivity index (χ0v) is 13.6. The molecule has 0 aliphatic carbocycles. The van der Waals surface area contributed by atoms with Gasteiger partial charge in [0, 0.05) is 38.9 Å². The van der Waals surface area contributed by atoms with Crippen molar-refractivity contribution in [3.05, 3.63) is 30.1 Å². The van der Waals surface area contributed by atoms with Crippen molar-refractivity contribution in [3.63, 3.8) is 0 Å². The third-order valence-corrected chi connectivity index (χ3v) is 4.49. The van der Waals surface area contributed by atoms with E-state index in [1.54, 1.807) is 6.20 Å². The lowest BCUT2D eigenvalue weighted by Gasteiger charge is -2.37. The fourth-order valence-corrected chi connectivity index (χ4v) is 3.22. The molecule has 1 aromatic heterocycles. The van der Waals surface area contributed by atoms with E-state index in [-0.39, 0.29) is 6.10 Å². The molecule has 1 aromatic rings. The Morgan fingerprint density at radius 3 is 3.04 bits per heavy atom. The lowest BCUT2D eigenvalue weighted by atomic mass is 10.0. The number of hydrogen-bond donors (Lipinski definition) is 2. The molecule has 0 bridgehead atoms. The molecule has 6 heteroatoms. The maximum absolute atomic E-state index is 10.7. The molecule has 3 rings (SSSR count). The second kappa shape index (κ2) is 8.17. The first-order valence-electron chi connectivity index (χ1n) is 8.48. The molecular weight excluding hydrogens is 294 g/mol. The number of β-amino-alcohol motifs (C(OH)–C–C–N with tert-alkyl or cyclic N) is 1. The van der Waals surface area contributed by atoms with Gasteiger partial charge in [-0.25, -0.2) is 0 Å². The summed E-state index contributed by atoms with van der Waals surface area (Å²) in [5.41, 5.74) is 0.198. The molecular formula is C17H27N3O3. The molecule has 0 radical (unpaired) electrons. The standard InChI is InChI=1S/C17H27N3O3/c21-17(12-18-7-10-22-14-17)13-20-8-4-16(5-9-20)23-11-15-3-1-2-6-19-15/h1-3,6,16,18,21H,4-5,7-14H2. The zero-order chi connectivity index (χ0) is 16.0. The zero-order valence-electron chi connectivity index (χ0n) is 13.6. The van der Waals surface area contributed by atoms with Crippen LogP contribution in [0.1, 0.15) is 18.5 Å². The monoisotopic (exact) mass is 321 g/mol. The number of ether oxygens (including phenoxy) is 2. The summed E-state index contributed by atoms with van der Waals surface area (Å²) in [4.78, 5) is 6.60. The van der Waals surface area contributed by atoms with Crippen molar-refractivity contribution in [1.29, 1.82) is 0 Å². The minimum absolute atomic E-state index is 0.284. The number of aromatic nitrogens is 1. The SMILES string of the molecule is OC1(CN2CCC(OCc3ccccn3)CC2)CNCCOC1. The summed E-state index contributed by atoms with van der Waals surface area (Å²) in [6.45, 7) is 5.64. The van der Waals surface area contributed by atoms with E-state index in [2.05, 4.69) is 15.2 Å². The maximum atomic E-state index is 10.7. The van der Waals surface area contributed by atoms with Crippen molar-refractivity contribution in [2.75, 3.05) is 45.9 Å². The molecule has 1 atom stereocenters. The average molecular weight is 321 g/mol. The van der Waals surface area contributed by atoms with Crippen LogP contribution in [0.5, 0.6) is 0 Å². The molecule has 3 heterocycles. The number of aliphatic hydroxyl groups is 1. The lowest BCUT2D eigenvalue weighted by Crippen LogP contribution is -2.53. The highest BCUT2D eigenvalue weighted by Crippen LogP contribution is 2.18. The second-order valence-electron chi connectivity index (χ2n) is 6.56. The average Bonchev–Trinajstić information content (AvgIpc) is 2.80. The van der Waals surface area contributed by atoms with Crippen molar-refractivity contribution >= 4 is 0 Å². The number of nitrogens with zero attached hydrogens (tertiary/aromatic N) is 2. The van der Waals surface area contributed by atoms with Crippen LogP contribution >= 0.6 is 0 Å². The molecule has 128 valence electrons. The first kappa shape index (κ1) is 16.8. The van der Waals surface area contributed by atoms with Crippen LogP contribution in [0.15, 0.2) is 24.4 Å². The van der Waals surface area contributed by atoms with Crippen LogP contribution in [0.2, 0.25) is 0 Å². The van der Waals surface area contributed by atoms with Gasteiger partial charge in [0.1, 0.15) is 5.60 Å². The summed E-state index contributed by atoms with van der Waals surface area (Å²) < 4.78 is 11.5. The summed E-state index contributed by atoms with van der Waals surface area (Å²) in [6, 6.07) is 5.89. The second-order valence-corrected chi connectivity index (χ2v) is 6.56. The molecule has 0 saturated carbocycles. The molecule has 2 N–H and O–H groups in total. The molecule has 23 heavy (non-hydrogen) atoms. The first-order chi connectivity index (χ1) is 11.2. The Hall–Kier alpha value is -1.05. The molecule has 6 nitrogen and oxygen atoms in total. The highest BCUT2D eigenvalue weighted by atomic mass is 16.5. The van der Waals surface area contributed by atoms with Crippen molar-refractivity contribution in [1.82, 2.24) is 15.2 Å². The molecule has 2 fully saturated rings. The smallest absolute Gasteiger partial charge is 0.113 e. The summed E-state index contributed by atoms with van der Waals surface area (Å²) >= 11 is 0. The molecule has 2 saturated heterocycles. The highest BCUT2D eigenvalue weighted by molar-refractivity contribution is 5.02. The van der Waals surface area contributed by atoms with Gasteiger partial charge in [-0.2, -0.15) is 0 Å². The van der Waals surface area contributed by atoms with Crippen LogP contribution in [-0.2, 0) is 16.1 Å². The summed E-state index contributed by atoms with van der Waals surface area (Å²) in [7, 11) is 0. The van der Waals surface area contributed by atoms with E-state index in [1.165, 1.54) is 0 Å². The third-order valence-electron chi connectivity index (χ3n) is 4.49. The number of piperidine rings is 1.